The van der Waals surface area contributed by atoms with Crippen LogP contribution >= 0.6 is 0 Å². The summed E-state index contributed by atoms with van der Waals surface area (Å²) in [6.45, 7) is 7.32. The average Bonchev–Trinajstić information content (AvgIpc) is 2.34. The Hall–Kier alpha value is 0. The first-order valence-corrected chi connectivity index (χ1v) is 6.07. The molecule has 0 nitrogen and oxygen atoms in total. The zero-order chi connectivity index (χ0) is 9.47. The molecule has 0 saturated heterocycles. The third-order valence-corrected chi connectivity index (χ3v) is 4.46. The molecule has 0 amide bonds. The molecule has 0 aliphatic heterocycles. The van der Waals surface area contributed by atoms with Crippen molar-refractivity contribution in [2.45, 2.75) is 59.3 Å². The lowest BCUT2D eigenvalue weighted by Gasteiger charge is -2.36. The Kier molecular flexibility index (Phi) is 2.42. The Bertz CT molecular complexity index is 167. The van der Waals surface area contributed by atoms with E-state index in [4.69, 9.17) is 0 Å². The van der Waals surface area contributed by atoms with Crippen LogP contribution in [0.2, 0.25) is 0 Å². The smallest absolute Gasteiger partial charge is 0.0337 e. The monoisotopic (exact) mass is 180 g/mol. The Morgan fingerprint density at radius 1 is 0.769 bits per heavy atom. The average molecular weight is 180 g/mol. The molecule has 0 heterocycles. The molecule has 3 fully saturated rings. The second kappa shape index (κ2) is 3.29. The molecule has 2 bridgehead atoms. The molecule has 1 unspecified atom stereocenters. The van der Waals surface area contributed by atoms with E-state index in [0.717, 1.165) is 17.8 Å². The van der Waals surface area contributed by atoms with Crippen LogP contribution in [0, 0.1) is 23.2 Å². The van der Waals surface area contributed by atoms with Gasteiger partial charge in [0.25, 0.3) is 0 Å². The molecule has 3 saturated carbocycles. The lowest BCUT2D eigenvalue weighted by Crippen LogP contribution is -2.27. The summed E-state index contributed by atoms with van der Waals surface area (Å²) in [4.78, 5) is 0. The van der Waals surface area contributed by atoms with Gasteiger partial charge in [-0.25, -0.2) is 0 Å². The first-order valence-electron chi connectivity index (χ1n) is 6.07. The van der Waals surface area contributed by atoms with Gasteiger partial charge in [0.05, 0.1) is 0 Å². The van der Waals surface area contributed by atoms with Gasteiger partial charge < -0.3 is 0 Å². The van der Waals surface area contributed by atoms with E-state index in [2.05, 4.69) is 20.8 Å². The molecule has 3 rings (SSSR count). The molecule has 3 aliphatic rings. The summed E-state index contributed by atoms with van der Waals surface area (Å²) >= 11 is 0. The van der Waals surface area contributed by atoms with Crippen LogP contribution in [0.15, 0.2) is 0 Å². The van der Waals surface area contributed by atoms with E-state index in [1.807, 2.05) is 0 Å². The van der Waals surface area contributed by atoms with Crippen molar-refractivity contribution in [1.29, 1.82) is 0 Å². The lowest BCUT2D eigenvalue weighted by atomic mass is 9.69. The van der Waals surface area contributed by atoms with Crippen LogP contribution in [0.3, 0.4) is 0 Å². The molecule has 13 heavy (non-hydrogen) atoms. The van der Waals surface area contributed by atoms with Crippen LogP contribution in [0.5, 0.6) is 0 Å². The standard InChI is InChI=1S/C13H24/c1-13(2,3)12-9-6-10-4-7-11(12)8-5-10/h10-12H,4-9H2,1-3H3. The molecule has 0 radical (unpaired) electrons. The normalized spacial score (nSPS) is 40.4. The molecule has 0 aromatic carbocycles. The predicted octanol–water partition coefficient (Wildman–Crippen LogP) is 4.25. The topological polar surface area (TPSA) is 0 Å². The maximum absolute atomic E-state index is 2.44. The van der Waals surface area contributed by atoms with Crippen LogP contribution in [-0.2, 0) is 0 Å². The molecule has 0 spiro atoms. The van der Waals surface area contributed by atoms with E-state index in [0.29, 0.717) is 5.41 Å². The van der Waals surface area contributed by atoms with Gasteiger partial charge in [-0.15, -0.1) is 0 Å². The highest BCUT2D eigenvalue weighted by Crippen LogP contribution is 2.48. The fraction of sp³-hybridized carbons (Fsp3) is 1.00. The third kappa shape index (κ3) is 1.92. The molecular weight excluding hydrogens is 156 g/mol. The summed E-state index contributed by atoms with van der Waals surface area (Å²) in [5.41, 5.74) is 0.559. The first kappa shape index (κ1) is 9.55. The Balaban J connectivity index is 2.11. The SMILES string of the molecule is CC(C)(C)C1CCC2CCC1CC2. The summed E-state index contributed by atoms with van der Waals surface area (Å²) in [6.07, 6.45) is 9.19. The molecule has 0 aromatic heterocycles. The van der Waals surface area contributed by atoms with Gasteiger partial charge in [0.1, 0.15) is 0 Å². The molecule has 0 aromatic rings. The lowest BCUT2D eigenvalue weighted by molar-refractivity contribution is 0.137. The van der Waals surface area contributed by atoms with Crippen molar-refractivity contribution in [2.75, 3.05) is 0 Å². The van der Waals surface area contributed by atoms with E-state index in [1.54, 1.807) is 0 Å². The van der Waals surface area contributed by atoms with Crippen molar-refractivity contribution in [2.24, 2.45) is 23.2 Å². The van der Waals surface area contributed by atoms with E-state index in [-0.39, 0.29) is 0 Å². The van der Waals surface area contributed by atoms with E-state index < -0.39 is 0 Å². The van der Waals surface area contributed by atoms with Crippen molar-refractivity contribution in [3.8, 4) is 0 Å². The van der Waals surface area contributed by atoms with Crippen LogP contribution in [0.25, 0.3) is 0 Å². The summed E-state index contributed by atoms with van der Waals surface area (Å²) in [7, 11) is 0. The van der Waals surface area contributed by atoms with Crippen LogP contribution in [-0.4, -0.2) is 0 Å². The van der Waals surface area contributed by atoms with Crippen molar-refractivity contribution in [3.63, 3.8) is 0 Å². The zero-order valence-corrected chi connectivity index (χ0v) is 9.47. The molecule has 1 atom stereocenters. The van der Waals surface area contributed by atoms with Gasteiger partial charge in [0.2, 0.25) is 0 Å². The Labute approximate surface area is 83.1 Å². The number of hydrogen-bond acceptors (Lipinski definition) is 0. The van der Waals surface area contributed by atoms with Crippen molar-refractivity contribution in [3.05, 3.63) is 0 Å². The van der Waals surface area contributed by atoms with E-state index in [9.17, 15) is 0 Å². The molecule has 0 N–H and O–H groups in total. The molecule has 3 aliphatic carbocycles. The highest BCUT2D eigenvalue weighted by Gasteiger charge is 2.37. The minimum atomic E-state index is 0.559. The van der Waals surface area contributed by atoms with Gasteiger partial charge in [0.15, 0.2) is 0 Å². The Morgan fingerprint density at radius 2 is 1.31 bits per heavy atom. The Morgan fingerprint density at radius 3 is 1.85 bits per heavy atom. The van der Waals surface area contributed by atoms with Gasteiger partial charge in [-0.1, -0.05) is 40.0 Å². The van der Waals surface area contributed by atoms with Crippen molar-refractivity contribution in [1.82, 2.24) is 0 Å². The van der Waals surface area contributed by atoms with Gasteiger partial charge in [-0.3, -0.25) is 0 Å². The minimum Gasteiger partial charge on any atom is -0.0599 e. The molecule has 0 heteroatoms. The number of hydrogen-bond donors (Lipinski definition) is 0. The minimum absolute atomic E-state index is 0.559. The van der Waals surface area contributed by atoms with Crippen molar-refractivity contribution < 1.29 is 0 Å². The third-order valence-electron chi connectivity index (χ3n) is 4.46. The van der Waals surface area contributed by atoms with Crippen LogP contribution in [0.1, 0.15) is 59.3 Å². The largest absolute Gasteiger partial charge is 0.0599 e. The summed E-state index contributed by atoms with van der Waals surface area (Å²) in [5, 5.41) is 0. The van der Waals surface area contributed by atoms with Gasteiger partial charge in [-0.05, 0) is 42.4 Å². The van der Waals surface area contributed by atoms with E-state index >= 15 is 0 Å². The van der Waals surface area contributed by atoms with Gasteiger partial charge in [0, 0.05) is 0 Å². The number of fused-ring (bicyclic) bond motifs is 4. The highest BCUT2D eigenvalue weighted by atomic mass is 14.4. The second-order valence-corrected chi connectivity index (χ2v) is 6.33. The predicted molar refractivity (Wildman–Crippen MR) is 57.6 cm³/mol. The summed E-state index contributed by atoms with van der Waals surface area (Å²) in [5.74, 6) is 3.18. The van der Waals surface area contributed by atoms with E-state index in [1.165, 1.54) is 38.5 Å². The van der Waals surface area contributed by atoms with Crippen LogP contribution < -0.4 is 0 Å². The quantitative estimate of drug-likeness (QED) is 0.523. The van der Waals surface area contributed by atoms with Gasteiger partial charge in [-0.2, -0.15) is 0 Å². The highest BCUT2D eigenvalue weighted by molar-refractivity contribution is 4.88. The molecule has 76 valence electrons. The number of rotatable bonds is 0. The molecular formula is C13H24. The summed E-state index contributed by atoms with van der Waals surface area (Å²) in [6, 6.07) is 0. The van der Waals surface area contributed by atoms with Gasteiger partial charge >= 0.3 is 0 Å². The van der Waals surface area contributed by atoms with Crippen LogP contribution in [0.4, 0.5) is 0 Å². The fourth-order valence-corrected chi connectivity index (χ4v) is 3.67. The maximum Gasteiger partial charge on any atom is -0.0337 e. The van der Waals surface area contributed by atoms with Crippen molar-refractivity contribution >= 4 is 0 Å². The summed E-state index contributed by atoms with van der Waals surface area (Å²) < 4.78 is 0. The fourth-order valence-electron chi connectivity index (χ4n) is 3.67. The zero-order valence-electron chi connectivity index (χ0n) is 9.47. The first-order chi connectivity index (χ1) is 6.07. The maximum atomic E-state index is 2.44. The second-order valence-electron chi connectivity index (χ2n) is 6.33.